The molecule has 1 aromatic rings. The molecule has 1 aromatic carbocycles. The number of nitrogens with one attached hydrogen (secondary N) is 2. The van der Waals surface area contributed by atoms with Crippen LogP contribution >= 0.6 is 23.4 Å². The Balaban J connectivity index is 2.20. The van der Waals surface area contributed by atoms with E-state index in [4.69, 9.17) is 16.3 Å². The van der Waals surface area contributed by atoms with E-state index in [1.54, 1.807) is 43.0 Å². The number of ether oxygens (including phenoxy) is 1. The topological polar surface area (TPSA) is 67.4 Å². The van der Waals surface area contributed by atoms with Crippen LogP contribution in [0.4, 0.5) is 4.79 Å². The van der Waals surface area contributed by atoms with E-state index in [2.05, 4.69) is 17.6 Å². The van der Waals surface area contributed by atoms with Crippen molar-refractivity contribution in [2.45, 2.75) is 19.9 Å². The highest BCUT2D eigenvalue weighted by Gasteiger charge is 2.32. The summed E-state index contributed by atoms with van der Waals surface area (Å²) in [6.07, 6.45) is 0. The minimum absolute atomic E-state index is 0.343. The number of carbonyl (C=O) groups is 2. The molecule has 0 bridgehead atoms. The fourth-order valence-corrected chi connectivity index (χ4v) is 2.90. The summed E-state index contributed by atoms with van der Waals surface area (Å²) in [5, 5.41) is 5.97. The van der Waals surface area contributed by atoms with Gasteiger partial charge in [-0.1, -0.05) is 30.7 Å². The number of halogens is 1. The summed E-state index contributed by atoms with van der Waals surface area (Å²) in [6.45, 7) is 4.09. The molecule has 0 radical (unpaired) electrons. The summed E-state index contributed by atoms with van der Waals surface area (Å²) < 4.78 is 5.33. The van der Waals surface area contributed by atoms with E-state index >= 15 is 0 Å². The lowest BCUT2D eigenvalue weighted by Crippen LogP contribution is -2.45. The summed E-state index contributed by atoms with van der Waals surface area (Å²) >= 11 is 7.60. The first kappa shape index (κ1) is 17.7. The van der Waals surface area contributed by atoms with Crippen LogP contribution in [0.3, 0.4) is 0 Å². The number of urea groups is 1. The molecule has 1 aliphatic heterocycles. The van der Waals surface area contributed by atoms with Gasteiger partial charge in [-0.3, -0.25) is 0 Å². The number of rotatable bonds is 6. The van der Waals surface area contributed by atoms with E-state index in [-0.39, 0.29) is 6.03 Å². The van der Waals surface area contributed by atoms with E-state index in [9.17, 15) is 9.59 Å². The number of benzene rings is 1. The SMILES string of the molecule is CCSCCOC(=O)C1=C(C)NC(=O)NC1c1ccc(Cl)cc1. The third-order valence-electron chi connectivity index (χ3n) is 3.36. The lowest BCUT2D eigenvalue weighted by atomic mass is 9.96. The van der Waals surface area contributed by atoms with Gasteiger partial charge in [-0.05, 0) is 30.4 Å². The Morgan fingerprint density at radius 2 is 2.04 bits per heavy atom. The zero-order valence-electron chi connectivity index (χ0n) is 13.0. The molecule has 124 valence electrons. The molecule has 1 unspecified atom stereocenters. The van der Waals surface area contributed by atoms with Crippen LogP contribution < -0.4 is 10.6 Å². The molecule has 5 nitrogen and oxygen atoms in total. The van der Waals surface area contributed by atoms with Crippen LogP contribution in [-0.2, 0) is 9.53 Å². The largest absolute Gasteiger partial charge is 0.461 e. The summed E-state index contributed by atoms with van der Waals surface area (Å²) in [5.41, 5.74) is 1.69. The number of thioether (sulfide) groups is 1. The van der Waals surface area contributed by atoms with E-state index in [0.717, 1.165) is 17.1 Å². The highest BCUT2D eigenvalue weighted by molar-refractivity contribution is 7.99. The van der Waals surface area contributed by atoms with E-state index < -0.39 is 12.0 Å². The molecule has 7 heteroatoms. The zero-order valence-corrected chi connectivity index (χ0v) is 14.6. The molecule has 1 atom stereocenters. The van der Waals surface area contributed by atoms with Gasteiger partial charge in [0.15, 0.2) is 0 Å². The van der Waals surface area contributed by atoms with E-state index in [0.29, 0.717) is 22.9 Å². The van der Waals surface area contributed by atoms with Gasteiger partial charge >= 0.3 is 12.0 Å². The van der Waals surface area contributed by atoms with E-state index in [1.165, 1.54) is 0 Å². The Labute approximate surface area is 144 Å². The molecular weight excluding hydrogens is 336 g/mol. The molecular formula is C16H19ClN2O3S. The Hall–Kier alpha value is -1.66. The van der Waals surface area contributed by atoms with Crippen LogP contribution in [-0.4, -0.2) is 30.1 Å². The third-order valence-corrected chi connectivity index (χ3v) is 4.47. The monoisotopic (exact) mass is 354 g/mol. The molecule has 0 saturated heterocycles. The molecule has 2 N–H and O–H groups in total. The predicted octanol–water partition coefficient (Wildman–Crippen LogP) is 3.26. The van der Waals surface area contributed by atoms with Crippen molar-refractivity contribution in [2.75, 3.05) is 18.1 Å². The number of hydrogen-bond donors (Lipinski definition) is 2. The van der Waals surface area contributed by atoms with Crippen LogP contribution in [0.1, 0.15) is 25.5 Å². The maximum atomic E-state index is 12.4. The number of esters is 1. The van der Waals surface area contributed by atoms with Crippen LogP contribution in [0.15, 0.2) is 35.5 Å². The Morgan fingerprint density at radius 1 is 1.35 bits per heavy atom. The van der Waals surface area contributed by atoms with Crippen LogP contribution in [0.25, 0.3) is 0 Å². The maximum Gasteiger partial charge on any atom is 0.338 e. The normalized spacial score (nSPS) is 17.5. The van der Waals surface area contributed by atoms with Crippen molar-refractivity contribution in [1.82, 2.24) is 10.6 Å². The van der Waals surface area contributed by atoms with Gasteiger partial charge in [0, 0.05) is 16.5 Å². The fraction of sp³-hybridized carbons (Fsp3) is 0.375. The summed E-state index contributed by atoms with van der Waals surface area (Å²) in [5.74, 6) is 1.30. The lowest BCUT2D eigenvalue weighted by Gasteiger charge is -2.28. The standard InChI is InChI=1S/C16H19ClN2O3S/c1-3-23-9-8-22-15(20)13-10(2)18-16(21)19-14(13)11-4-6-12(17)7-5-11/h4-7,14H,3,8-9H2,1-2H3,(H2,18,19,21). The number of amides is 2. The molecule has 0 saturated carbocycles. The average Bonchev–Trinajstić information content (AvgIpc) is 2.51. The predicted molar refractivity (Wildman–Crippen MR) is 92.5 cm³/mol. The summed E-state index contributed by atoms with van der Waals surface area (Å²) in [6, 6.07) is 6.12. The molecule has 0 spiro atoms. The van der Waals surface area contributed by atoms with Crippen molar-refractivity contribution < 1.29 is 14.3 Å². The molecule has 2 amide bonds. The Bertz CT molecular complexity index is 616. The van der Waals surface area contributed by atoms with Gasteiger partial charge < -0.3 is 15.4 Å². The van der Waals surface area contributed by atoms with Crippen molar-refractivity contribution in [1.29, 1.82) is 0 Å². The molecule has 0 aliphatic carbocycles. The van der Waals surface area contributed by atoms with Gasteiger partial charge in [0.25, 0.3) is 0 Å². The number of carbonyl (C=O) groups excluding carboxylic acids is 2. The van der Waals surface area contributed by atoms with Crippen molar-refractivity contribution >= 4 is 35.4 Å². The van der Waals surface area contributed by atoms with Crippen molar-refractivity contribution in [3.05, 3.63) is 46.1 Å². The molecule has 1 aliphatic rings. The molecule has 0 aromatic heterocycles. The first-order valence-corrected chi connectivity index (χ1v) is 8.84. The van der Waals surface area contributed by atoms with Gasteiger partial charge in [0.2, 0.25) is 0 Å². The number of allylic oxidation sites excluding steroid dienone is 1. The van der Waals surface area contributed by atoms with Crippen molar-refractivity contribution in [2.24, 2.45) is 0 Å². The van der Waals surface area contributed by atoms with Crippen molar-refractivity contribution in [3.63, 3.8) is 0 Å². The van der Waals surface area contributed by atoms with E-state index in [1.807, 2.05) is 0 Å². The quantitative estimate of drug-likeness (QED) is 0.607. The van der Waals surface area contributed by atoms with Gasteiger partial charge in [-0.2, -0.15) is 11.8 Å². The highest BCUT2D eigenvalue weighted by Crippen LogP contribution is 2.28. The second-order valence-electron chi connectivity index (χ2n) is 4.95. The summed E-state index contributed by atoms with van der Waals surface area (Å²) in [7, 11) is 0. The second-order valence-corrected chi connectivity index (χ2v) is 6.78. The van der Waals surface area contributed by atoms with Gasteiger partial charge in [-0.25, -0.2) is 9.59 Å². The van der Waals surface area contributed by atoms with Gasteiger partial charge in [0.05, 0.1) is 11.6 Å². The first-order valence-electron chi connectivity index (χ1n) is 7.31. The lowest BCUT2D eigenvalue weighted by molar-refractivity contribution is -0.138. The van der Waals surface area contributed by atoms with Crippen LogP contribution in [0.2, 0.25) is 5.02 Å². The smallest absolute Gasteiger partial charge is 0.338 e. The first-order chi connectivity index (χ1) is 11.0. The highest BCUT2D eigenvalue weighted by atomic mass is 35.5. The Morgan fingerprint density at radius 3 is 2.70 bits per heavy atom. The third kappa shape index (κ3) is 4.65. The molecule has 23 heavy (non-hydrogen) atoms. The van der Waals surface area contributed by atoms with Crippen LogP contribution in [0.5, 0.6) is 0 Å². The average molecular weight is 355 g/mol. The van der Waals surface area contributed by atoms with Crippen molar-refractivity contribution in [3.8, 4) is 0 Å². The Kier molecular flexibility index (Phi) is 6.36. The summed E-state index contributed by atoms with van der Waals surface area (Å²) in [4.78, 5) is 24.2. The molecule has 1 heterocycles. The minimum atomic E-state index is -0.549. The molecule has 2 rings (SSSR count). The van der Waals surface area contributed by atoms with Gasteiger partial charge in [-0.15, -0.1) is 0 Å². The molecule has 0 fully saturated rings. The minimum Gasteiger partial charge on any atom is -0.461 e. The fourth-order valence-electron chi connectivity index (χ4n) is 2.29. The maximum absolute atomic E-state index is 12.4. The second kappa shape index (κ2) is 8.26. The zero-order chi connectivity index (χ0) is 16.8. The van der Waals surface area contributed by atoms with Crippen LogP contribution in [0, 0.1) is 0 Å². The van der Waals surface area contributed by atoms with Gasteiger partial charge in [0.1, 0.15) is 6.61 Å². The number of hydrogen-bond acceptors (Lipinski definition) is 4.